The second-order valence-electron chi connectivity index (χ2n) is 8.10. The second-order valence-corrected chi connectivity index (χ2v) is 8.10. The van der Waals surface area contributed by atoms with E-state index >= 15 is 0 Å². The second kappa shape index (κ2) is 7.62. The van der Waals surface area contributed by atoms with Gasteiger partial charge < -0.3 is 20.8 Å². The lowest BCUT2D eigenvalue weighted by atomic mass is 9.55. The Bertz CT molecular complexity index is 592. The topological polar surface area (TPSA) is 102 Å². The van der Waals surface area contributed by atoms with Crippen molar-refractivity contribution in [1.82, 2.24) is 0 Å². The fraction of sp³-hybridized carbons (Fsp3) is 0.700. The van der Waals surface area contributed by atoms with E-state index in [9.17, 15) is 10.2 Å². The first-order chi connectivity index (χ1) is 12.0. The molecule has 1 aromatic rings. The van der Waals surface area contributed by atoms with E-state index in [1.54, 1.807) is 0 Å². The number of hydrogen-bond acceptors (Lipinski definition) is 5. The molecule has 2 saturated carbocycles. The zero-order chi connectivity index (χ0) is 18.0. The number of phenolic OH excluding ortho intramolecular Hbond substituents is 1. The maximum absolute atomic E-state index is 10.4. The van der Waals surface area contributed by atoms with Crippen LogP contribution in [-0.4, -0.2) is 29.5 Å². The Morgan fingerprint density at radius 1 is 1.24 bits per heavy atom. The lowest BCUT2D eigenvalue weighted by Gasteiger charge is -2.50. The molecular formula is C20H32N2O3. The molecule has 6 N–H and O–H groups in total. The zero-order valence-corrected chi connectivity index (χ0v) is 15.2. The van der Waals surface area contributed by atoms with Gasteiger partial charge in [-0.15, -0.1) is 0 Å². The number of aryl methyl sites for hydroxylation is 1. The number of hydrogen-bond donors (Lipinski definition) is 4. The predicted octanol–water partition coefficient (Wildman–Crippen LogP) is 2.44. The highest BCUT2D eigenvalue weighted by molar-refractivity contribution is 5.40. The van der Waals surface area contributed by atoms with E-state index in [0.29, 0.717) is 30.7 Å². The quantitative estimate of drug-likeness (QED) is 0.615. The van der Waals surface area contributed by atoms with Gasteiger partial charge in [0.05, 0.1) is 12.7 Å². The molecule has 5 heteroatoms. The van der Waals surface area contributed by atoms with Crippen molar-refractivity contribution in [3.8, 4) is 5.75 Å². The number of rotatable bonds is 2. The average Bonchev–Trinajstić information content (AvgIpc) is 2.91. The molecule has 2 fully saturated rings. The van der Waals surface area contributed by atoms with Crippen molar-refractivity contribution in [2.45, 2.75) is 57.5 Å². The van der Waals surface area contributed by atoms with Crippen LogP contribution in [0, 0.1) is 17.3 Å². The summed E-state index contributed by atoms with van der Waals surface area (Å²) in [5.41, 5.74) is 7.93. The molecule has 5 atom stereocenters. The van der Waals surface area contributed by atoms with Crippen LogP contribution in [0.1, 0.15) is 56.1 Å². The molecular weight excluding hydrogens is 316 g/mol. The standard InChI is InChI=1S/C18H24O2.C2H8N2O/c1-18-9-8-14-13-5-3-12(19)10-11(13)2-4-15(14)16(18)6-7-17(18)20;3-1-2-5-4/h3,5,10,14-17,19-20H,2,4,6-9H2,1H3;1-4H2. The van der Waals surface area contributed by atoms with E-state index in [1.165, 1.54) is 30.4 Å². The highest BCUT2D eigenvalue weighted by Crippen LogP contribution is 2.60. The van der Waals surface area contributed by atoms with E-state index in [-0.39, 0.29) is 11.5 Å². The first-order valence-electron chi connectivity index (χ1n) is 9.53. The maximum Gasteiger partial charge on any atom is 0.115 e. The molecule has 5 nitrogen and oxygen atoms in total. The van der Waals surface area contributed by atoms with Gasteiger partial charge in [0.2, 0.25) is 0 Å². The molecule has 4 rings (SSSR count). The summed E-state index contributed by atoms with van der Waals surface area (Å²) in [6.07, 6.45) is 6.78. The Morgan fingerprint density at radius 3 is 2.72 bits per heavy atom. The molecule has 1 aromatic carbocycles. The third-order valence-electron chi connectivity index (χ3n) is 6.90. The van der Waals surface area contributed by atoms with Gasteiger partial charge in [-0.1, -0.05) is 13.0 Å². The Kier molecular flexibility index (Phi) is 5.68. The number of aliphatic hydroxyl groups excluding tert-OH is 1. The van der Waals surface area contributed by atoms with Crippen LogP contribution in [0.15, 0.2) is 18.2 Å². The van der Waals surface area contributed by atoms with Crippen LogP contribution in [0.4, 0.5) is 0 Å². The third-order valence-corrected chi connectivity index (χ3v) is 6.90. The van der Waals surface area contributed by atoms with Gasteiger partial charge >= 0.3 is 0 Å². The fourth-order valence-corrected chi connectivity index (χ4v) is 5.61. The molecule has 0 heterocycles. The Hall–Kier alpha value is -1.14. The molecule has 0 radical (unpaired) electrons. The number of aromatic hydroxyl groups is 1. The van der Waals surface area contributed by atoms with Crippen molar-refractivity contribution >= 4 is 0 Å². The van der Waals surface area contributed by atoms with Gasteiger partial charge in [-0.25, -0.2) is 5.90 Å². The van der Waals surface area contributed by atoms with E-state index in [1.807, 2.05) is 12.1 Å². The van der Waals surface area contributed by atoms with E-state index < -0.39 is 0 Å². The summed E-state index contributed by atoms with van der Waals surface area (Å²) in [7, 11) is 0. The van der Waals surface area contributed by atoms with Gasteiger partial charge in [0, 0.05) is 6.54 Å². The highest BCUT2D eigenvalue weighted by atomic mass is 16.6. The van der Waals surface area contributed by atoms with Gasteiger partial charge in [-0.2, -0.15) is 0 Å². The van der Waals surface area contributed by atoms with Crippen LogP contribution >= 0.6 is 0 Å². The monoisotopic (exact) mass is 348 g/mol. The van der Waals surface area contributed by atoms with Crippen molar-refractivity contribution in [3.05, 3.63) is 29.3 Å². The largest absolute Gasteiger partial charge is 0.508 e. The van der Waals surface area contributed by atoms with Gasteiger partial charge in [0.1, 0.15) is 5.75 Å². The first kappa shape index (κ1) is 18.6. The zero-order valence-electron chi connectivity index (χ0n) is 15.2. The minimum Gasteiger partial charge on any atom is -0.508 e. The van der Waals surface area contributed by atoms with Crippen LogP contribution in [-0.2, 0) is 11.3 Å². The van der Waals surface area contributed by atoms with Crippen LogP contribution in [0.3, 0.4) is 0 Å². The average molecular weight is 348 g/mol. The lowest BCUT2D eigenvalue weighted by Crippen LogP contribution is -2.43. The summed E-state index contributed by atoms with van der Waals surface area (Å²) in [4.78, 5) is 4.07. The summed E-state index contributed by atoms with van der Waals surface area (Å²) < 4.78 is 0. The molecule has 25 heavy (non-hydrogen) atoms. The fourth-order valence-electron chi connectivity index (χ4n) is 5.61. The van der Waals surface area contributed by atoms with Crippen molar-refractivity contribution < 1.29 is 15.1 Å². The molecule has 0 aliphatic heterocycles. The summed E-state index contributed by atoms with van der Waals surface area (Å²) in [6, 6.07) is 5.96. The van der Waals surface area contributed by atoms with Gasteiger partial charge in [-0.05, 0) is 85.0 Å². The van der Waals surface area contributed by atoms with Crippen molar-refractivity contribution in [2.75, 3.05) is 13.2 Å². The first-order valence-corrected chi connectivity index (χ1v) is 9.53. The molecule has 140 valence electrons. The minimum absolute atomic E-state index is 0.0883. The summed E-state index contributed by atoms with van der Waals surface area (Å²) in [5, 5.41) is 20.0. The normalized spacial score (nSPS) is 35.8. The van der Waals surface area contributed by atoms with E-state index in [4.69, 9.17) is 5.73 Å². The number of fused-ring (bicyclic) bond motifs is 5. The third kappa shape index (κ3) is 3.43. The van der Waals surface area contributed by atoms with Crippen LogP contribution in [0.2, 0.25) is 0 Å². The summed E-state index contributed by atoms with van der Waals surface area (Å²) in [6.45, 7) is 3.26. The van der Waals surface area contributed by atoms with Crippen molar-refractivity contribution in [1.29, 1.82) is 0 Å². The van der Waals surface area contributed by atoms with Gasteiger partial charge in [0.25, 0.3) is 0 Å². The van der Waals surface area contributed by atoms with Crippen LogP contribution in [0.25, 0.3) is 0 Å². The Labute approximate surface area is 150 Å². The number of benzene rings is 1. The molecule has 0 saturated heterocycles. The molecule has 3 aliphatic carbocycles. The summed E-state index contributed by atoms with van der Waals surface area (Å²) in [5.74, 6) is 7.05. The molecule has 0 amide bonds. The van der Waals surface area contributed by atoms with Crippen molar-refractivity contribution in [3.63, 3.8) is 0 Å². The predicted molar refractivity (Wildman–Crippen MR) is 97.9 cm³/mol. The SMILES string of the molecule is CC12CCC3c4ccc(O)cc4CCC3C1CCC2O.NCCON. The summed E-state index contributed by atoms with van der Waals surface area (Å²) >= 11 is 0. The van der Waals surface area contributed by atoms with Crippen molar-refractivity contribution in [2.24, 2.45) is 28.9 Å². The smallest absolute Gasteiger partial charge is 0.115 e. The minimum atomic E-state index is -0.0883. The maximum atomic E-state index is 10.4. The molecule has 3 aliphatic rings. The molecule has 0 spiro atoms. The molecule has 5 unspecified atom stereocenters. The molecule has 0 bridgehead atoms. The van der Waals surface area contributed by atoms with E-state index in [0.717, 1.165) is 25.2 Å². The number of phenols is 1. The Morgan fingerprint density at radius 2 is 2.04 bits per heavy atom. The lowest BCUT2D eigenvalue weighted by molar-refractivity contribution is -0.0226. The highest BCUT2D eigenvalue weighted by Gasteiger charge is 2.54. The Balaban J connectivity index is 0.000000324. The van der Waals surface area contributed by atoms with E-state index in [2.05, 4.69) is 23.7 Å². The molecule has 0 aromatic heterocycles. The van der Waals surface area contributed by atoms with Crippen LogP contribution < -0.4 is 11.6 Å². The number of nitrogens with two attached hydrogens (primary N) is 2. The number of aliphatic hydroxyl groups is 1. The van der Waals surface area contributed by atoms with Gasteiger partial charge in [-0.3, -0.25) is 0 Å². The van der Waals surface area contributed by atoms with Gasteiger partial charge in [0.15, 0.2) is 0 Å². The van der Waals surface area contributed by atoms with Crippen LogP contribution in [0.5, 0.6) is 5.75 Å².